The topological polar surface area (TPSA) is 128 Å². The van der Waals surface area contributed by atoms with Crippen molar-refractivity contribution in [1.29, 1.82) is 0 Å². The number of nitrogens with zero attached hydrogens (tertiary/aromatic N) is 2. The largest absolute Gasteiger partial charge is 0.496 e. The third-order valence-corrected chi connectivity index (χ3v) is 6.98. The van der Waals surface area contributed by atoms with E-state index >= 15 is 0 Å². The van der Waals surface area contributed by atoms with Gasteiger partial charge in [0, 0.05) is 23.4 Å². The van der Waals surface area contributed by atoms with Crippen LogP contribution in [0.15, 0.2) is 52.2 Å². The van der Waals surface area contributed by atoms with Crippen LogP contribution in [0.5, 0.6) is 5.75 Å². The van der Waals surface area contributed by atoms with Crippen molar-refractivity contribution in [3.8, 4) is 22.6 Å². The van der Waals surface area contributed by atoms with Crippen LogP contribution in [0.4, 0.5) is 5.13 Å². The maximum absolute atomic E-state index is 12.5. The Morgan fingerprint density at radius 1 is 1.12 bits per heavy atom. The Kier molecular flexibility index (Phi) is 5.96. The Hall–Kier alpha value is -3.28. The monoisotopic (exact) mass is 501 g/mol. The summed E-state index contributed by atoms with van der Waals surface area (Å²) in [4.78, 5) is 30.8. The molecule has 0 spiro atoms. The number of H-pyrrole nitrogens is 1. The summed E-state index contributed by atoms with van der Waals surface area (Å²) in [7, 11) is -1.72. The van der Waals surface area contributed by atoms with Gasteiger partial charge in [-0.05, 0) is 35.2 Å². The molecule has 11 heteroatoms. The van der Waals surface area contributed by atoms with E-state index in [1.54, 1.807) is 7.11 Å². The number of quaternary nitrogens is 1. The molecule has 0 bridgehead atoms. The molecule has 0 atom stereocenters. The van der Waals surface area contributed by atoms with E-state index in [1.807, 2.05) is 51.1 Å². The van der Waals surface area contributed by atoms with Crippen LogP contribution in [0.3, 0.4) is 0 Å². The average molecular weight is 502 g/mol. The van der Waals surface area contributed by atoms with E-state index in [4.69, 9.17) is 4.74 Å². The molecule has 0 fully saturated rings. The van der Waals surface area contributed by atoms with Crippen LogP contribution >= 0.6 is 11.3 Å². The minimum Gasteiger partial charge on any atom is -0.496 e. The number of aromatic nitrogens is 3. The van der Waals surface area contributed by atoms with E-state index < -0.39 is 21.3 Å². The summed E-state index contributed by atoms with van der Waals surface area (Å²) in [6, 6.07) is 10.7. The molecule has 4 aromatic rings. The minimum absolute atomic E-state index is 0.311. The molecule has 3 N–H and O–H groups in total. The summed E-state index contributed by atoms with van der Waals surface area (Å²) in [5.74, 6) is 0.667. The summed E-state index contributed by atoms with van der Waals surface area (Å²) >= 11 is 1.28. The minimum atomic E-state index is -3.32. The third-order valence-electron chi connectivity index (χ3n) is 5.22. The fraction of sp³-hybridized carbons (Fsp3) is 0.261. The molecule has 0 amide bonds. The molecule has 0 aliphatic rings. The number of sulfonamides is 1. The second-order valence-corrected chi connectivity index (χ2v) is 11.9. The van der Waals surface area contributed by atoms with E-state index in [0.717, 1.165) is 32.4 Å². The van der Waals surface area contributed by atoms with Crippen LogP contribution in [0.25, 0.3) is 27.0 Å². The smallest absolute Gasteiger partial charge is 0.332 e. The van der Waals surface area contributed by atoms with Crippen molar-refractivity contribution >= 4 is 36.7 Å². The molecule has 9 nitrogen and oxygen atoms in total. The van der Waals surface area contributed by atoms with Gasteiger partial charge in [-0.15, -0.1) is 0 Å². The molecule has 0 radical (unpaired) electrons. The number of ether oxygens (including phenoxy) is 1. The predicted molar refractivity (Wildman–Crippen MR) is 133 cm³/mol. The number of rotatable bonds is 5. The maximum atomic E-state index is 12.5. The van der Waals surface area contributed by atoms with Crippen molar-refractivity contribution in [1.82, 2.24) is 14.5 Å². The molecular formula is C23H25N4O5S2+. The van der Waals surface area contributed by atoms with Gasteiger partial charge in [0.1, 0.15) is 5.75 Å². The van der Waals surface area contributed by atoms with Crippen molar-refractivity contribution in [2.24, 2.45) is 0 Å². The highest BCUT2D eigenvalue weighted by Crippen LogP contribution is 2.42. The molecule has 34 heavy (non-hydrogen) atoms. The highest BCUT2D eigenvalue weighted by atomic mass is 32.2. The van der Waals surface area contributed by atoms with Crippen molar-refractivity contribution in [3.63, 3.8) is 0 Å². The van der Waals surface area contributed by atoms with Crippen LogP contribution < -0.4 is 20.7 Å². The first kappa shape index (κ1) is 23.9. The number of aromatic amines is 1. The molecular weight excluding hydrogens is 476 g/mol. The van der Waals surface area contributed by atoms with Crippen LogP contribution in [0, 0.1) is 0 Å². The number of methoxy groups -OCH3 is 1. The number of thiazole rings is 1. The van der Waals surface area contributed by atoms with Crippen LogP contribution in [-0.2, 0) is 15.4 Å². The second-order valence-electron chi connectivity index (χ2n) is 8.99. The third kappa shape index (κ3) is 4.81. The average Bonchev–Trinajstić information content (AvgIpc) is 3.11. The van der Waals surface area contributed by atoms with E-state index in [-0.39, 0.29) is 5.41 Å². The Bertz CT molecular complexity index is 1630. The molecule has 4 rings (SSSR count). The fourth-order valence-corrected chi connectivity index (χ4v) is 5.62. The Labute approximate surface area is 200 Å². The van der Waals surface area contributed by atoms with Crippen LogP contribution in [0.2, 0.25) is 0 Å². The first-order chi connectivity index (χ1) is 15.9. The lowest BCUT2D eigenvalue weighted by Crippen LogP contribution is -2.81. The van der Waals surface area contributed by atoms with Gasteiger partial charge in [-0.2, -0.15) is 18.1 Å². The Morgan fingerprint density at radius 3 is 2.47 bits per heavy atom. The number of nitrogens with one attached hydrogen (secondary N) is 1. The van der Waals surface area contributed by atoms with Crippen molar-refractivity contribution < 1.29 is 17.9 Å². The number of nitrogens with two attached hydrogens (primary N) is 1. The van der Waals surface area contributed by atoms with Gasteiger partial charge in [-0.25, -0.2) is 4.79 Å². The van der Waals surface area contributed by atoms with Gasteiger partial charge >= 0.3 is 5.69 Å². The van der Waals surface area contributed by atoms with Gasteiger partial charge in [0.15, 0.2) is 0 Å². The number of hydrogen-bond donors (Lipinski definition) is 2. The van der Waals surface area contributed by atoms with E-state index in [1.165, 1.54) is 28.2 Å². The van der Waals surface area contributed by atoms with Crippen molar-refractivity contribution in [2.45, 2.75) is 26.2 Å². The Balaban J connectivity index is 1.96. The molecule has 0 unspecified atom stereocenters. The summed E-state index contributed by atoms with van der Waals surface area (Å²) in [5.41, 5.74) is 2.41. The lowest BCUT2D eigenvalue weighted by Gasteiger charge is -2.25. The lowest BCUT2D eigenvalue weighted by molar-refractivity contribution is -0.395. The summed E-state index contributed by atoms with van der Waals surface area (Å²) in [6.45, 7) is 6.15. The standard InChI is InChI=1S/C23H24N4O5S2/c1-23(2,3)16-12-14(27-9-8-19(28)25-22(27)29)11-15(20(16)32-4)13-6-7-17-18(10-13)33-21(24-17)26-34(5,30)31/h6-12H,1-5H3,(H,24,26)(H,25,28,29)/p+1. The first-order valence-electron chi connectivity index (χ1n) is 10.4. The highest BCUT2D eigenvalue weighted by molar-refractivity contribution is 7.84. The maximum Gasteiger partial charge on any atom is 0.332 e. The number of benzene rings is 2. The van der Waals surface area contributed by atoms with Gasteiger partial charge in [-0.3, -0.25) is 14.3 Å². The molecule has 178 valence electrons. The van der Waals surface area contributed by atoms with Gasteiger partial charge in [-0.1, -0.05) is 38.2 Å². The SMILES string of the molecule is COc1c(-c2ccc3nc([NH2+]S(C)(=O)=O)sc3c2)cc(-n2ccc(=O)[nH]c2=O)cc1C(C)(C)C. The van der Waals surface area contributed by atoms with Crippen molar-refractivity contribution in [3.05, 3.63) is 69.0 Å². The van der Waals surface area contributed by atoms with Gasteiger partial charge in [0.2, 0.25) is 0 Å². The summed E-state index contributed by atoms with van der Waals surface area (Å²) < 4.78 is 32.5. The first-order valence-corrected chi connectivity index (χ1v) is 13.1. The summed E-state index contributed by atoms with van der Waals surface area (Å²) in [6.07, 6.45) is 2.58. The molecule has 2 aromatic heterocycles. The molecule has 0 aliphatic heterocycles. The van der Waals surface area contributed by atoms with E-state index in [2.05, 4.69) is 9.97 Å². The molecule has 0 saturated heterocycles. The summed E-state index contributed by atoms with van der Waals surface area (Å²) in [5, 5.41) is 0.408. The number of primary sulfonamides is 1. The number of hydrogen-bond acceptors (Lipinski definition) is 7. The van der Waals surface area contributed by atoms with Gasteiger partial charge in [0.05, 0.1) is 29.3 Å². The molecule has 2 heterocycles. The predicted octanol–water partition coefficient (Wildman–Crippen LogP) is 2.26. The zero-order valence-electron chi connectivity index (χ0n) is 19.4. The lowest BCUT2D eigenvalue weighted by atomic mass is 9.83. The quantitative estimate of drug-likeness (QED) is 0.432. The van der Waals surface area contributed by atoms with Crippen LogP contribution in [-0.4, -0.2) is 36.3 Å². The molecule has 2 aromatic carbocycles. The van der Waals surface area contributed by atoms with Crippen LogP contribution in [0.1, 0.15) is 26.3 Å². The van der Waals surface area contributed by atoms with Gasteiger partial charge < -0.3 is 4.74 Å². The zero-order valence-corrected chi connectivity index (χ0v) is 21.0. The fourth-order valence-electron chi connectivity index (χ4n) is 3.71. The van der Waals surface area contributed by atoms with E-state index in [9.17, 15) is 18.0 Å². The van der Waals surface area contributed by atoms with Crippen molar-refractivity contribution in [2.75, 3.05) is 13.4 Å². The normalized spacial score (nSPS) is 12.3. The Morgan fingerprint density at radius 2 is 1.85 bits per heavy atom. The zero-order chi connectivity index (χ0) is 24.8. The molecule has 0 saturated carbocycles. The highest BCUT2D eigenvalue weighted by Gasteiger charge is 2.24. The molecule has 0 aliphatic carbocycles. The second kappa shape index (κ2) is 8.49. The van der Waals surface area contributed by atoms with E-state index in [0.29, 0.717) is 22.1 Å². The van der Waals surface area contributed by atoms with Gasteiger partial charge in [0.25, 0.3) is 20.7 Å². The number of fused-ring (bicyclic) bond motifs is 1.